The van der Waals surface area contributed by atoms with Gasteiger partial charge in [0.15, 0.2) is 0 Å². The van der Waals surface area contributed by atoms with Crippen LogP contribution in [-0.2, 0) is 9.53 Å². The lowest BCUT2D eigenvalue weighted by Crippen LogP contribution is -2.17. The van der Waals surface area contributed by atoms with Gasteiger partial charge in [-0.2, -0.15) is 0 Å². The van der Waals surface area contributed by atoms with Gasteiger partial charge < -0.3 is 14.9 Å². The number of unbranched alkanes of at least 4 members (excludes halogenated alkanes) is 8. The molecule has 0 heterocycles. The zero-order valence-electron chi connectivity index (χ0n) is 13.0. The predicted molar refractivity (Wildman–Crippen MR) is 80.3 cm³/mol. The minimum absolute atomic E-state index is 0.249. The van der Waals surface area contributed by atoms with Crippen LogP contribution in [0.1, 0.15) is 84.0 Å². The maximum Gasteiger partial charge on any atom is 0.308 e. The van der Waals surface area contributed by atoms with E-state index in [9.17, 15) is 9.90 Å². The molecular weight excluding hydrogens is 256 g/mol. The Balaban J connectivity index is 3.36. The fourth-order valence-corrected chi connectivity index (χ4v) is 2.10. The second kappa shape index (κ2) is 14.8. The molecule has 0 saturated heterocycles. The number of esters is 1. The third kappa shape index (κ3) is 13.8. The Kier molecular flexibility index (Phi) is 14.3. The maximum absolute atomic E-state index is 11.5. The van der Waals surface area contributed by atoms with Gasteiger partial charge in [0.25, 0.3) is 0 Å². The van der Waals surface area contributed by atoms with E-state index in [1.54, 1.807) is 0 Å². The molecular formula is C16H32O4. The lowest BCUT2D eigenvalue weighted by Gasteiger charge is -2.11. The van der Waals surface area contributed by atoms with Gasteiger partial charge in [0, 0.05) is 19.4 Å². The largest absolute Gasteiger partial charge is 0.436 e. The zero-order chi connectivity index (χ0) is 15.1. The average molecular weight is 288 g/mol. The Morgan fingerprint density at radius 1 is 0.950 bits per heavy atom. The minimum atomic E-state index is -0.948. The Hall–Kier alpha value is -0.610. The van der Waals surface area contributed by atoms with Gasteiger partial charge in [-0.25, -0.2) is 0 Å². The molecule has 4 nitrogen and oxygen atoms in total. The summed E-state index contributed by atoms with van der Waals surface area (Å²) in [4.78, 5) is 11.5. The molecule has 20 heavy (non-hydrogen) atoms. The summed E-state index contributed by atoms with van der Waals surface area (Å²) in [6.07, 6.45) is 10.3. The van der Waals surface area contributed by atoms with Crippen molar-refractivity contribution in [1.82, 2.24) is 0 Å². The third-order valence-corrected chi connectivity index (χ3v) is 3.36. The monoisotopic (exact) mass is 288 g/mol. The predicted octanol–water partition coefficient (Wildman–Crippen LogP) is 3.54. The van der Waals surface area contributed by atoms with Crippen molar-refractivity contribution in [2.24, 2.45) is 0 Å². The van der Waals surface area contributed by atoms with Crippen LogP contribution >= 0.6 is 0 Å². The molecule has 0 amide bonds. The van der Waals surface area contributed by atoms with Crippen molar-refractivity contribution in [2.75, 3.05) is 6.61 Å². The maximum atomic E-state index is 11.5. The van der Waals surface area contributed by atoms with E-state index in [1.807, 2.05) is 0 Å². The van der Waals surface area contributed by atoms with E-state index in [4.69, 9.17) is 9.84 Å². The van der Waals surface area contributed by atoms with E-state index in [2.05, 4.69) is 6.92 Å². The first-order chi connectivity index (χ1) is 9.70. The summed E-state index contributed by atoms with van der Waals surface area (Å²) in [5, 5.41) is 18.2. The van der Waals surface area contributed by atoms with E-state index in [-0.39, 0.29) is 12.6 Å². The van der Waals surface area contributed by atoms with Gasteiger partial charge >= 0.3 is 5.97 Å². The lowest BCUT2D eigenvalue weighted by molar-refractivity contribution is -0.168. The van der Waals surface area contributed by atoms with Crippen molar-refractivity contribution in [2.45, 2.75) is 90.3 Å². The van der Waals surface area contributed by atoms with Gasteiger partial charge in [-0.3, -0.25) is 4.79 Å². The van der Waals surface area contributed by atoms with E-state index in [1.165, 1.54) is 19.3 Å². The molecule has 2 N–H and O–H groups in total. The number of rotatable bonds is 14. The van der Waals surface area contributed by atoms with Gasteiger partial charge in [-0.15, -0.1) is 0 Å². The van der Waals surface area contributed by atoms with Crippen LogP contribution in [0.5, 0.6) is 0 Å². The fourth-order valence-electron chi connectivity index (χ4n) is 2.10. The first-order valence-electron chi connectivity index (χ1n) is 8.19. The molecule has 0 radical (unpaired) electrons. The summed E-state index contributed by atoms with van der Waals surface area (Å²) >= 11 is 0. The smallest absolute Gasteiger partial charge is 0.308 e. The Morgan fingerprint density at radius 2 is 1.55 bits per heavy atom. The normalized spacial score (nSPS) is 12.3. The summed E-state index contributed by atoms with van der Waals surface area (Å²) in [6.45, 7) is 2.41. The van der Waals surface area contributed by atoms with E-state index in [0.717, 1.165) is 44.9 Å². The molecule has 1 atom stereocenters. The molecule has 0 fully saturated rings. The Bertz CT molecular complexity index is 219. The summed E-state index contributed by atoms with van der Waals surface area (Å²) in [6, 6.07) is 0. The molecule has 120 valence electrons. The van der Waals surface area contributed by atoms with E-state index in [0.29, 0.717) is 12.8 Å². The van der Waals surface area contributed by atoms with Crippen LogP contribution in [0, 0.1) is 0 Å². The first kappa shape index (κ1) is 19.4. The molecule has 0 aromatic carbocycles. The van der Waals surface area contributed by atoms with Gasteiger partial charge in [-0.05, 0) is 19.3 Å². The second-order valence-electron chi connectivity index (χ2n) is 5.39. The van der Waals surface area contributed by atoms with Crippen molar-refractivity contribution >= 4 is 5.97 Å². The number of hydrogen-bond donors (Lipinski definition) is 2. The standard InChI is InChI=1S/C16H32O4/c1-2-3-4-6-9-12-15(18)20-16(19)13-10-7-5-8-11-14-17/h16-17,19H,2-14H2,1H3. The molecule has 0 aliphatic heterocycles. The highest BCUT2D eigenvalue weighted by molar-refractivity contribution is 5.69. The molecule has 4 heteroatoms. The quantitative estimate of drug-likeness (QED) is 0.291. The van der Waals surface area contributed by atoms with Gasteiger partial charge in [0.2, 0.25) is 6.29 Å². The van der Waals surface area contributed by atoms with Crippen molar-refractivity contribution in [3.63, 3.8) is 0 Å². The van der Waals surface area contributed by atoms with E-state index < -0.39 is 6.29 Å². The highest BCUT2D eigenvalue weighted by atomic mass is 16.6. The molecule has 0 aromatic rings. The van der Waals surface area contributed by atoms with Crippen LogP contribution in [0.15, 0.2) is 0 Å². The number of hydrogen-bond acceptors (Lipinski definition) is 4. The molecule has 0 saturated carbocycles. The van der Waals surface area contributed by atoms with Crippen LogP contribution in [0.2, 0.25) is 0 Å². The SMILES string of the molecule is CCCCCCCC(=O)OC(O)CCCCCCCO. The lowest BCUT2D eigenvalue weighted by atomic mass is 10.1. The molecule has 0 aliphatic carbocycles. The minimum Gasteiger partial charge on any atom is -0.436 e. The first-order valence-corrected chi connectivity index (χ1v) is 8.19. The zero-order valence-corrected chi connectivity index (χ0v) is 13.0. The highest BCUT2D eigenvalue weighted by Gasteiger charge is 2.10. The second-order valence-corrected chi connectivity index (χ2v) is 5.39. The molecule has 0 bridgehead atoms. The van der Waals surface area contributed by atoms with Gasteiger partial charge in [-0.1, -0.05) is 51.9 Å². The van der Waals surface area contributed by atoms with Crippen LogP contribution in [-0.4, -0.2) is 29.1 Å². The summed E-state index contributed by atoms with van der Waals surface area (Å²) in [7, 11) is 0. The fraction of sp³-hybridized carbons (Fsp3) is 0.938. The van der Waals surface area contributed by atoms with Crippen molar-refractivity contribution in [3.05, 3.63) is 0 Å². The van der Waals surface area contributed by atoms with E-state index >= 15 is 0 Å². The van der Waals surface area contributed by atoms with Crippen molar-refractivity contribution < 1.29 is 19.7 Å². The number of carbonyl (C=O) groups is 1. The third-order valence-electron chi connectivity index (χ3n) is 3.36. The molecule has 0 spiro atoms. The molecule has 0 aromatic heterocycles. The van der Waals surface area contributed by atoms with Crippen LogP contribution < -0.4 is 0 Å². The van der Waals surface area contributed by atoms with Gasteiger partial charge in [0.05, 0.1) is 0 Å². The molecule has 0 rings (SSSR count). The number of aliphatic hydroxyl groups excluding tert-OH is 2. The molecule has 1 unspecified atom stereocenters. The molecule has 0 aliphatic rings. The summed E-state index contributed by atoms with van der Waals surface area (Å²) in [5.74, 6) is -0.283. The summed E-state index contributed by atoms with van der Waals surface area (Å²) < 4.78 is 4.96. The van der Waals surface area contributed by atoms with Crippen LogP contribution in [0.25, 0.3) is 0 Å². The number of ether oxygens (including phenoxy) is 1. The van der Waals surface area contributed by atoms with Crippen LogP contribution in [0.3, 0.4) is 0 Å². The Labute approximate surface area is 123 Å². The number of aliphatic hydroxyl groups is 2. The van der Waals surface area contributed by atoms with Crippen LogP contribution in [0.4, 0.5) is 0 Å². The van der Waals surface area contributed by atoms with Crippen molar-refractivity contribution in [3.8, 4) is 0 Å². The average Bonchev–Trinajstić information content (AvgIpc) is 2.42. The Morgan fingerprint density at radius 3 is 2.25 bits per heavy atom. The van der Waals surface area contributed by atoms with Crippen molar-refractivity contribution in [1.29, 1.82) is 0 Å². The van der Waals surface area contributed by atoms with Gasteiger partial charge in [0.1, 0.15) is 0 Å². The topological polar surface area (TPSA) is 66.8 Å². The number of carbonyl (C=O) groups excluding carboxylic acids is 1. The summed E-state index contributed by atoms with van der Waals surface area (Å²) in [5.41, 5.74) is 0. The highest BCUT2D eigenvalue weighted by Crippen LogP contribution is 2.10.